The molecule has 1 N–H and O–H groups in total. The third-order valence-corrected chi connectivity index (χ3v) is 6.80. The zero-order valence-corrected chi connectivity index (χ0v) is 19.3. The Bertz CT molecular complexity index is 1310. The lowest BCUT2D eigenvalue weighted by Gasteiger charge is -2.20. The van der Waals surface area contributed by atoms with E-state index < -0.39 is 0 Å². The predicted octanol–water partition coefficient (Wildman–Crippen LogP) is 2.98. The average molecular weight is 452 g/mol. The zero-order chi connectivity index (χ0) is 22.4. The maximum Gasteiger partial charge on any atom is 0.284 e. The fourth-order valence-electron chi connectivity index (χ4n) is 4.07. The van der Waals surface area contributed by atoms with E-state index in [1.165, 1.54) is 11.3 Å². The highest BCUT2D eigenvalue weighted by Crippen LogP contribution is 2.31. The van der Waals surface area contributed by atoms with Crippen molar-refractivity contribution in [2.24, 2.45) is 7.05 Å². The maximum absolute atomic E-state index is 13.0. The molecule has 1 amide bonds. The van der Waals surface area contributed by atoms with Gasteiger partial charge in [0.05, 0.1) is 18.3 Å². The molecule has 4 heterocycles. The first-order chi connectivity index (χ1) is 15.4. The van der Waals surface area contributed by atoms with Crippen LogP contribution >= 0.6 is 11.3 Å². The second-order valence-electron chi connectivity index (χ2n) is 8.23. The minimum Gasteiger partial charge on any atom is -0.494 e. The van der Waals surface area contributed by atoms with Crippen LogP contribution in [0.25, 0.3) is 21.3 Å². The zero-order valence-electron chi connectivity index (χ0n) is 18.5. The van der Waals surface area contributed by atoms with E-state index in [1.54, 1.807) is 11.8 Å². The van der Waals surface area contributed by atoms with E-state index in [4.69, 9.17) is 9.72 Å². The summed E-state index contributed by atoms with van der Waals surface area (Å²) < 4.78 is 7.18. The van der Waals surface area contributed by atoms with Crippen LogP contribution in [-0.2, 0) is 7.05 Å². The highest BCUT2D eigenvalue weighted by Gasteiger charge is 2.25. The third-order valence-electron chi connectivity index (χ3n) is 5.84. The molecule has 1 aliphatic rings. The van der Waals surface area contributed by atoms with Gasteiger partial charge in [0.15, 0.2) is 5.01 Å². The number of hydrogen-bond acceptors (Lipinski definition) is 8. The monoisotopic (exact) mass is 451 g/mol. The molecule has 32 heavy (non-hydrogen) atoms. The van der Waals surface area contributed by atoms with Gasteiger partial charge < -0.3 is 19.9 Å². The van der Waals surface area contributed by atoms with E-state index in [2.05, 4.69) is 39.3 Å². The van der Waals surface area contributed by atoms with E-state index >= 15 is 0 Å². The van der Waals surface area contributed by atoms with Crippen LogP contribution in [0.3, 0.4) is 0 Å². The summed E-state index contributed by atoms with van der Waals surface area (Å²) >= 11 is 1.30. The second-order valence-corrected chi connectivity index (χ2v) is 9.21. The van der Waals surface area contributed by atoms with Gasteiger partial charge in [-0.2, -0.15) is 5.10 Å². The molecule has 0 bridgehead atoms. The van der Waals surface area contributed by atoms with Crippen LogP contribution in [0.1, 0.15) is 16.2 Å². The molecule has 1 aliphatic heterocycles. The molecular formula is C22H25N7O2S. The normalized spacial score (nSPS) is 16.4. The van der Waals surface area contributed by atoms with E-state index in [0.29, 0.717) is 22.5 Å². The van der Waals surface area contributed by atoms with Gasteiger partial charge in [0.25, 0.3) is 5.91 Å². The van der Waals surface area contributed by atoms with Gasteiger partial charge >= 0.3 is 0 Å². The van der Waals surface area contributed by atoms with E-state index in [0.717, 1.165) is 46.6 Å². The van der Waals surface area contributed by atoms with Crippen molar-refractivity contribution in [2.45, 2.75) is 12.5 Å². The summed E-state index contributed by atoms with van der Waals surface area (Å²) in [6, 6.07) is 8.13. The number of anilines is 2. The summed E-state index contributed by atoms with van der Waals surface area (Å²) in [7, 11) is 7.65. The Kier molecular flexibility index (Phi) is 5.18. The summed E-state index contributed by atoms with van der Waals surface area (Å²) in [5.41, 5.74) is 2.11. The van der Waals surface area contributed by atoms with Gasteiger partial charge in [-0.1, -0.05) is 11.3 Å². The molecule has 10 heteroatoms. The predicted molar refractivity (Wildman–Crippen MR) is 127 cm³/mol. The van der Waals surface area contributed by atoms with Crippen molar-refractivity contribution in [1.29, 1.82) is 0 Å². The number of pyridine rings is 1. The van der Waals surface area contributed by atoms with Crippen molar-refractivity contribution in [3.05, 3.63) is 35.5 Å². The number of thiazole rings is 1. The van der Waals surface area contributed by atoms with Gasteiger partial charge in [-0.05, 0) is 38.7 Å². The Hall–Kier alpha value is -3.24. The highest BCUT2D eigenvalue weighted by atomic mass is 32.1. The van der Waals surface area contributed by atoms with Crippen molar-refractivity contribution in [3.8, 4) is 5.75 Å². The van der Waals surface area contributed by atoms with E-state index in [9.17, 15) is 4.79 Å². The number of fused-ring (bicyclic) bond motifs is 2. The number of nitrogens with one attached hydrogen (secondary N) is 1. The van der Waals surface area contributed by atoms with Crippen LogP contribution in [0.4, 0.5) is 11.5 Å². The van der Waals surface area contributed by atoms with Crippen LogP contribution in [0.15, 0.2) is 30.5 Å². The number of rotatable bonds is 5. The summed E-state index contributed by atoms with van der Waals surface area (Å²) in [5, 5.41) is 8.60. The van der Waals surface area contributed by atoms with Gasteiger partial charge in [0.1, 0.15) is 21.9 Å². The Labute approximate surface area is 189 Å². The van der Waals surface area contributed by atoms with Gasteiger partial charge in [0.2, 0.25) is 0 Å². The molecule has 1 fully saturated rings. The number of aryl methyl sites for hydroxylation is 1. The van der Waals surface area contributed by atoms with E-state index in [-0.39, 0.29) is 5.91 Å². The summed E-state index contributed by atoms with van der Waals surface area (Å²) in [5.74, 6) is 1.20. The number of methoxy groups -OCH3 is 1. The Morgan fingerprint density at radius 1 is 1.25 bits per heavy atom. The number of ether oxygens (including phenoxy) is 1. The number of hydrogen-bond donors (Lipinski definition) is 1. The Morgan fingerprint density at radius 3 is 2.84 bits per heavy atom. The summed E-state index contributed by atoms with van der Waals surface area (Å²) in [4.78, 5) is 27.6. The number of likely N-dealkylation sites (N-methyl/N-ethyl adjacent to an activating group) is 1. The van der Waals surface area contributed by atoms with Gasteiger partial charge in [-0.25, -0.2) is 9.97 Å². The van der Waals surface area contributed by atoms with Crippen LogP contribution in [0.5, 0.6) is 5.75 Å². The third kappa shape index (κ3) is 3.76. The molecule has 4 aromatic rings. The van der Waals surface area contributed by atoms with Crippen molar-refractivity contribution < 1.29 is 9.53 Å². The first kappa shape index (κ1) is 20.7. The maximum atomic E-state index is 13.0. The molecule has 0 aliphatic carbocycles. The molecule has 1 unspecified atom stereocenters. The minimum atomic E-state index is -0.287. The van der Waals surface area contributed by atoms with Crippen LogP contribution < -0.4 is 15.0 Å². The Balaban J connectivity index is 1.39. The van der Waals surface area contributed by atoms with Crippen LogP contribution in [0, 0.1) is 0 Å². The number of carbonyl (C=O) groups is 1. The fourth-order valence-corrected chi connectivity index (χ4v) is 4.90. The fraction of sp³-hybridized carbons (Fsp3) is 0.364. The van der Waals surface area contributed by atoms with Gasteiger partial charge in [-0.15, -0.1) is 0 Å². The van der Waals surface area contributed by atoms with Gasteiger partial charge in [0, 0.05) is 43.8 Å². The first-order valence-corrected chi connectivity index (χ1v) is 11.2. The first-order valence-electron chi connectivity index (χ1n) is 10.4. The molecule has 1 atom stereocenters. The lowest BCUT2D eigenvalue weighted by Crippen LogP contribution is -2.31. The second kappa shape index (κ2) is 8.03. The van der Waals surface area contributed by atoms with Gasteiger partial charge in [-0.3, -0.25) is 9.48 Å². The molecule has 0 spiro atoms. The molecule has 1 aromatic carbocycles. The van der Waals surface area contributed by atoms with Crippen LogP contribution in [0.2, 0.25) is 0 Å². The standard InChI is InChI=1S/C22H25N7O2S/c1-27(2)14-7-8-29(12-14)19-6-5-15-21(25-19)32-22(24-15)20(30)23-17-9-13-11-28(3)26-16(13)10-18(17)31-4/h5-6,9-11,14H,7-8,12H2,1-4H3,(H,23,30). The SMILES string of the molecule is COc1cc2nn(C)cc2cc1NC(=O)c1nc2ccc(N3CCC(N(C)C)C3)nc2s1. The van der Waals surface area contributed by atoms with Crippen molar-refractivity contribution >= 4 is 50.0 Å². The molecular weight excluding hydrogens is 426 g/mol. The molecule has 0 saturated carbocycles. The lowest BCUT2D eigenvalue weighted by molar-refractivity contribution is 0.102. The van der Waals surface area contributed by atoms with E-state index in [1.807, 2.05) is 37.5 Å². The number of benzene rings is 1. The Morgan fingerprint density at radius 2 is 2.09 bits per heavy atom. The van der Waals surface area contributed by atoms with Crippen LogP contribution in [-0.4, -0.2) is 70.9 Å². The highest BCUT2D eigenvalue weighted by molar-refractivity contribution is 7.20. The topological polar surface area (TPSA) is 88.4 Å². The molecule has 9 nitrogen and oxygen atoms in total. The minimum absolute atomic E-state index is 0.287. The summed E-state index contributed by atoms with van der Waals surface area (Å²) in [6.45, 7) is 1.93. The number of carbonyl (C=O) groups excluding carboxylic acids is 1. The van der Waals surface area contributed by atoms with Crippen molar-refractivity contribution in [1.82, 2.24) is 24.6 Å². The van der Waals surface area contributed by atoms with Crippen molar-refractivity contribution in [3.63, 3.8) is 0 Å². The molecule has 5 rings (SSSR count). The van der Waals surface area contributed by atoms with Crippen molar-refractivity contribution in [2.75, 3.05) is 44.5 Å². The largest absolute Gasteiger partial charge is 0.494 e. The molecule has 166 valence electrons. The lowest BCUT2D eigenvalue weighted by atomic mass is 10.2. The molecule has 1 saturated heterocycles. The quantitative estimate of drug-likeness (QED) is 0.499. The molecule has 3 aromatic heterocycles. The summed E-state index contributed by atoms with van der Waals surface area (Å²) in [6.07, 6.45) is 3.01. The number of aromatic nitrogens is 4. The number of amides is 1. The average Bonchev–Trinajstić information content (AvgIpc) is 3.49. The molecule has 0 radical (unpaired) electrons. The number of nitrogens with zero attached hydrogens (tertiary/aromatic N) is 6. The smallest absolute Gasteiger partial charge is 0.284 e.